The van der Waals surface area contributed by atoms with Gasteiger partial charge < -0.3 is 10.1 Å². The first-order chi connectivity index (χ1) is 10.1. The Labute approximate surface area is 131 Å². The lowest BCUT2D eigenvalue weighted by molar-refractivity contribution is 0.199. The number of hydrogen-bond donors (Lipinski definition) is 1. The first-order valence-corrected chi connectivity index (χ1v) is 7.38. The van der Waals surface area contributed by atoms with Crippen molar-refractivity contribution in [2.24, 2.45) is 0 Å². The van der Waals surface area contributed by atoms with Crippen LogP contribution in [0.3, 0.4) is 0 Å². The lowest BCUT2D eigenvalue weighted by Crippen LogP contribution is -2.19. The molecule has 0 saturated carbocycles. The van der Waals surface area contributed by atoms with Crippen LogP contribution in [-0.4, -0.2) is 30.2 Å². The van der Waals surface area contributed by atoms with E-state index in [0.29, 0.717) is 29.0 Å². The van der Waals surface area contributed by atoms with E-state index in [-0.39, 0.29) is 5.82 Å². The average molecular weight is 354 g/mol. The van der Waals surface area contributed by atoms with Crippen LogP contribution in [0.15, 0.2) is 28.7 Å². The molecule has 0 atom stereocenters. The minimum atomic E-state index is -0.316. The molecule has 1 N–H and O–H groups in total. The van der Waals surface area contributed by atoms with Gasteiger partial charge in [-0.2, -0.15) is 0 Å². The Balaban J connectivity index is 2.21. The van der Waals surface area contributed by atoms with E-state index in [4.69, 9.17) is 4.74 Å². The maximum atomic E-state index is 13.5. The van der Waals surface area contributed by atoms with Crippen LogP contribution in [0.1, 0.15) is 11.4 Å². The summed E-state index contributed by atoms with van der Waals surface area (Å²) in [5, 5.41) is 3.23. The van der Waals surface area contributed by atoms with Gasteiger partial charge in [0.25, 0.3) is 0 Å². The Kier molecular flexibility index (Phi) is 5.78. The number of hydrogen-bond acceptors (Lipinski definition) is 4. The molecule has 1 aromatic heterocycles. The molecule has 1 heterocycles. The Hall–Kier alpha value is -1.37. The Morgan fingerprint density at radius 2 is 2.05 bits per heavy atom. The largest absolute Gasteiger partial charge is 0.383 e. The van der Waals surface area contributed by atoms with Gasteiger partial charge in [-0.3, -0.25) is 0 Å². The van der Waals surface area contributed by atoms with Crippen LogP contribution >= 0.6 is 15.9 Å². The third-order valence-electron chi connectivity index (χ3n) is 2.82. The number of benzene rings is 1. The predicted octanol–water partition coefficient (Wildman–Crippen LogP) is 3.09. The van der Waals surface area contributed by atoms with Crippen molar-refractivity contribution < 1.29 is 9.13 Å². The van der Waals surface area contributed by atoms with E-state index in [1.165, 1.54) is 12.1 Å². The molecule has 0 aliphatic rings. The van der Waals surface area contributed by atoms with Crippen molar-refractivity contribution in [3.8, 4) is 11.4 Å². The summed E-state index contributed by atoms with van der Waals surface area (Å²) >= 11 is 3.28. The van der Waals surface area contributed by atoms with Gasteiger partial charge in [0.15, 0.2) is 5.82 Å². The van der Waals surface area contributed by atoms with Crippen LogP contribution in [0, 0.1) is 12.7 Å². The van der Waals surface area contributed by atoms with E-state index in [1.807, 2.05) is 13.0 Å². The Morgan fingerprint density at radius 1 is 1.24 bits per heavy atom. The fourth-order valence-corrected chi connectivity index (χ4v) is 2.39. The van der Waals surface area contributed by atoms with Gasteiger partial charge >= 0.3 is 0 Å². The third-order valence-corrected chi connectivity index (χ3v) is 3.27. The number of nitrogens with zero attached hydrogens (tertiary/aromatic N) is 2. The second kappa shape index (κ2) is 7.59. The van der Waals surface area contributed by atoms with Crippen LogP contribution in [0.4, 0.5) is 4.39 Å². The lowest BCUT2D eigenvalue weighted by Gasteiger charge is -2.08. The van der Waals surface area contributed by atoms with Crippen molar-refractivity contribution >= 4 is 15.9 Å². The van der Waals surface area contributed by atoms with Crippen molar-refractivity contribution in [3.05, 3.63) is 45.9 Å². The molecule has 0 amide bonds. The number of halogens is 2. The smallest absolute Gasteiger partial charge is 0.159 e. The molecule has 2 aromatic rings. The quantitative estimate of drug-likeness (QED) is 0.810. The van der Waals surface area contributed by atoms with Crippen LogP contribution in [0.2, 0.25) is 0 Å². The van der Waals surface area contributed by atoms with Gasteiger partial charge in [0.05, 0.1) is 12.3 Å². The summed E-state index contributed by atoms with van der Waals surface area (Å²) < 4.78 is 19.1. The average Bonchev–Trinajstić information content (AvgIpc) is 2.42. The highest BCUT2D eigenvalue weighted by atomic mass is 79.9. The van der Waals surface area contributed by atoms with E-state index in [1.54, 1.807) is 13.2 Å². The SMILES string of the molecule is COCCNCc1cc(C)nc(-c2cc(F)cc(Br)c2)n1. The standard InChI is InChI=1S/C15H17BrFN3O/c1-10-5-14(9-18-3-4-21-2)20-15(19-10)11-6-12(16)8-13(17)7-11/h5-8,18H,3-4,9H2,1-2H3. The molecule has 0 unspecified atom stereocenters. The minimum absolute atomic E-state index is 0.316. The lowest BCUT2D eigenvalue weighted by atomic mass is 10.2. The first-order valence-electron chi connectivity index (χ1n) is 6.59. The first kappa shape index (κ1) is 16.0. The fourth-order valence-electron chi connectivity index (χ4n) is 1.93. The van der Waals surface area contributed by atoms with Crippen LogP contribution < -0.4 is 5.32 Å². The monoisotopic (exact) mass is 353 g/mol. The normalized spacial score (nSPS) is 10.9. The van der Waals surface area contributed by atoms with E-state index >= 15 is 0 Å². The molecule has 112 valence electrons. The molecular weight excluding hydrogens is 337 g/mol. The summed E-state index contributed by atoms with van der Waals surface area (Å²) in [6.45, 7) is 3.92. The maximum Gasteiger partial charge on any atom is 0.159 e. The van der Waals surface area contributed by atoms with Crippen molar-refractivity contribution in [2.45, 2.75) is 13.5 Å². The summed E-state index contributed by atoms with van der Waals surface area (Å²) in [7, 11) is 1.66. The van der Waals surface area contributed by atoms with Crippen molar-refractivity contribution in [3.63, 3.8) is 0 Å². The minimum Gasteiger partial charge on any atom is -0.383 e. The molecule has 0 radical (unpaired) electrons. The van der Waals surface area contributed by atoms with Crippen LogP contribution in [0.25, 0.3) is 11.4 Å². The zero-order valence-corrected chi connectivity index (χ0v) is 13.6. The number of aryl methyl sites for hydroxylation is 1. The molecule has 1 aromatic carbocycles. The summed E-state index contributed by atoms with van der Waals surface area (Å²) in [6, 6.07) is 6.56. The van der Waals surface area contributed by atoms with Crippen molar-refractivity contribution in [1.82, 2.24) is 15.3 Å². The van der Waals surface area contributed by atoms with E-state index in [9.17, 15) is 4.39 Å². The molecule has 0 bridgehead atoms. The predicted molar refractivity (Wildman–Crippen MR) is 83.4 cm³/mol. The van der Waals surface area contributed by atoms with Crippen molar-refractivity contribution in [2.75, 3.05) is 20.3 Å². The van der Waals surface area contributed by atoms with Gasteiger partial charge in [-0.25, -0.2) is 14.4 Å². The number of ether oxygens (including phenoxy) is 1. The Morgan fingerprint density at radius 3 is 2.76 bits per heavy atom. The molecule has 0 aliphatic heterocycles. The van der Waals surface area contributed by atoms with Gasteiger partial charge in [-0.15, -0.1) is 0 Å². The topological polar surface area (TPSA) is 47.0 Å². The molecule has 0 saturated heterocycles. The van der Waals surface area contributed by atoms with Gasteiger partial charge in [0, 0.05) is 35.9 Å². The van der Waals surface area contributed by atoms with E-state index in [0.717, 1.165) is 17.9 Å². The number of aromatic nitrogens is 2. The Bertz CT molecular complexity index is 602. The highest BCUT2D eigenvalue weighted by Gasteiger charge is 2.07. The maximum absolute atomic E-state index is 13.5. The molecular formula is C15H17BrFN3O. The number of rotatable bonds is 6. The van der Waals surface area contributed by atoms with E-state index in [2.05, 4.69) is 31.2 Å². The summed E-state index contributed by atoms with van der Waals surface area (Å²) in [6.07, 6.45) is 0. The van der Waals surface area contributed by atoms with Crippen LogP contribution in [-0.2, 0) is 11.3 Å². The molecule has 6 heteroatoms. The molecule has 0 aliphatic carbocycles. The summed E-state index contributed by atoms with van der Waals surface area (Å²) in [5.74, 6) is 0.211. The highest BCUT2D eigenvalue weighted by Crippen LogP contribution is 2.22. The molecule has 2 rings (SSSR count). The molecule has 0 fully saturated rings. The van der Waals surface area contributed by atoms with Crippen molar-refractivity contribution in [1.29, 1.82) is 0 Å². The van der Waals surface area contributed by atoms with Crippen LogP contribution in [0.5, 0.6) is 0 Å². The van der Waals surface area contributed by atoms with Gasteiger partial charge in [-0.1, -0.05) is 15.9 Å². The summed E-state index contributed by atoms with van der Waals surface area (Å²) in [4.78, 5) is 8.86. The van der Waals surface area contributed by atoms with Gasteiger partial charge in [-0.05, 0) is 31.2 Å². The molecule has 4 nitrogen and oxygen atoms in total. The van der Waals surface area contributed by atoms with E-state index < -0.39 is 0 Å². The van der Waals surface area contributed by atoms with Gasteiger partial charge in [0.1, 0.15) is 5.82 Å². The third kappa shape index (κ3) is 4.84. The second-order valence-corrected chi connectivity index (χ2v) is 5.57. The zero-order chi connectivity index (χ0) is 15.2. The zero-order valence-electron chi connectivity index (χ0n) is 12.0. The molecule has 0 spiro atoms. The number of methoxy groups -OCH3 is 1. The fraction of sp³-hybridized carbons (Fsp3) is 0.333. The number of nitrogens with one attached hydrogen (secondary N) is 1. The second-order valence-electron chi connectivity index (χ2n) is 4.65. The highest BCUT2D eigenvalue weighted by molar-refractivity contribution is 9.10. The van der Waals surface area contributed by atoms with Gasteiger partial charge in [0.2, 0.25) is 0 Å². The summed E-state index contributed by atoms with van der Waals surface area (Å²) in [5.41, 5.74) is 2.38. The molecule has 21 heavy (non-hydrogen) atoms.